The smallest absolute Gasteiger partial charge is 0.230 e. The summed E-state index contributed by atoms with van der Waals surface area (Å²) in [6.07, 6.45) is 4.71. The van der Waals surface area contributed by atoms with Gasteiger partial charge in [-0.25, -0.2) is 0 Å². The Hall–Kier alpha value is -0.420. The van der Waals surface area contributed by atoms with Gasteiger partial charge in [-0.2, -0.15) is 0 Å². The lowest BCUT2D eigenvalue weighted by molar-refractivity contribution is -0.119. The van der Waals surface area contributed by atoms with Crippen LogP contribution >= 0.6 is 35.8 Å². The zero-order valence-electron chi connectivity index (χ0n) is 12.4. The Morgan fingerprint density at radius 2 is 1.86 bits per heavy atom. The molecule has 2 aliphatic rings. The molecule has 1 aromatic carbocycles. The third-order valence-electron chi connectivity index (χ3n) is 4.25. The van der Waals surface area contributed by atoms with Crippen LogP contribution in [0.4, 0.5) is 0 Å². The van der Waals surface area contributed by atoms with Crippen molar-refractivity contribution < 1.29 is 4.79 Å². The summed E-state index contributed by atoms with van der Waals surface area (Å²) in [7, 11) is 0. The Morgan fingerprint density at radius 1 is 1.23 bits per heavy atom. The van der Waals surface area contributed by atoms with Crippen LogP contribution in [0.5, 0.6) is 0 Å². The molecular weight excluding hydrogens is 339 g/mol. The van der Waals surface area contributed by atoms with Crippen molar-refractivity contribution in [2.45, 2.75) is 49.6 Å². The maximum Gasteiger partial charge on any atom is 0.230 e. The van der Waals surface area contributed by atoms with Gasteiger partial charge in [0, 0.05) is 28.9 Å². The standard InChI is InChI=1S/C16H21ClN2OS.ClH/c17-12-3-1-11(2-4-12)9-21-10-16(20)19-15-7-13-5-6-14(8-15)18-13;/h1-4,13-15,18H,5-10H2,(H,19,20);1H. The number of thioether (sulfide) groups is 1. The van der Waals surface area contributed by atoms with Gasteiger partial charge < -0.3 is 10.6 Å². The zero-order chi connectivity index (χ0) is 14.7. The molecule has 122 valence electrons. The van der Waals surface area contributed by atoms with Gasteiger partial charge in [0.1, 0.15) is 0 Å². The lowest BCUT2D eigenvalue weighted by Gasteiger charge is -2.29. The average molecular weight is 361 g/mol. The van der Waals surface area contributed by atoms with Crippen LogP contribution in [-0.2, 0) is 10.5 Å². The molecule has 2 fully saturated rings. The van der Waals surface area contributed by atoms with E-state index in [4.69, 9.17) is 11.6 Å². The van der Waals surface area contributed by atoms with Gasteiger partial charge in [-0.1, -0.05) is 23.7 Å². The van der Waals surface area contributed by atoms with E-state index in [1.165, 1.54) is 18.4 Å². The Bertz CT molecular complexity index is 485. The molecule has 6 heteroatoms. The molecule has 22 heavy (non-hydrogen) atoms. The molecule has 1 amide bonds. The number of fused-ring (bicyclic) bond motifs is 2. The monoisotopic (exact) mass is 360 g/mol. The molecule has 0 aromatic heterocycles. The van der Waals surface area contributed by atoms with Gasteiger partial charge in [-0.3, -0.25) is 4.79 Å². The maximum absolute atomic E-state index is 12.0. The van der Waals surface area contributed by atoms with Crippen LogP contribution in [0.15, 0.2) is 24.3 Å². The Morgan fingerprint density at radius 3 is 2.50 bits per heavy atom. The summed E-state index contributed by atoms with van der Waals surface area (Å²) in [5, 5.41) is 7.54. The van der Waals surface area contributed by atoms with Crippen molar-refractivity contribution in [1.82, 2.24) is 10.6 Å². The maximum atomic E-state index is 12.0. The summed E-state index contributed by atoms with van der Waals surface area (Å²) >= 11 is 7.51. The SMILES string of the molecule is Cl.O=C(CSCc1ccc(Cl)cc1)NC1CC2CCC(C1)N2. The molecule has 0 aliphatic carbocycles. The minimum Gasteiger partial charge on any atom is -0.353 e. The minimum absolute atomic E-state index is 0. The number of nitrogens with one attached hydrogen (secondary N) is 2. The summed E-state index contributed by atoms with van der Waals surface area (Å²) in [6.45, 7) is 0. The summed E-state index contributed by atoms with van der Waals surface area (Å²) in [4.78, 5) is 12.0. The molecule has 3 rings (SSSR count). The number of carbonyl (C=O) groups excluding carboxylic acids is 1. The fourth-order valence-electron chi connectivity index (χ4n) is 3.29. The molecule has 1 aromatic rings. The third kappa shape index (κ3) is 5.05. The van der Waals surface area contributed by atoms with Crippen molar-refractivity contribution >= 4 is 41.7 Å². The van der Waals surface area contributed by atoms with Gasteiger partial charge in [0.15, 0.2) is 0 Å². The number of benzene rings is 1. The molecule has 2 unspecified atom stereocenters. The quantitative estimate of drug-likeness (QED) is 0.845. The van der Waals surface area contributed by atoms with Crippen LogP contribution in [0, 0.1) is 0 Å². The number of hydrogen-bond donors (Lipinski definition) is 2. The molecule has 2 atom stereocenters. The predicted molar refractivity (Wildman–Crippen MR) is 96.0 cm³/mol. The van der Waals surface area contributed by atoms with Crippen LogP contribution in [0.1, 0.15) is 31.2 Å². The van der Waals surface area contributed by atoms with Gasteiger partial charge in [0.05, 0.1) is 5.75 Å². The first-order valence-corrected chi connectivity index (χ1v) is 9.10. The van der Waals surface area contributed by atoms with Gasteiger partial charge in [-0.05, 0) is 43.4 Å². The van der Waals surface area contributed by atoms with E-state index in [0.717, 1.165) is 23.6 Å². The molecular formula is C16H22Cl2N2OS. The van der Waals surface area contributed by atoms with Crippen LogP contribution in [0.2, 0.25) is 5.02 Å². The second-order valence-electron chi connectivity index (χ2n) is 5.99. The van der Waals surface area contributed by atoms with E-state index in [1.54, 1.807) is 11.8 Å². The molecule has 0 radical (unpaired) electrons. The van der Waals surface area contributed by atoms with E-state index >= 15 is 0 Å². The number of amides is 1. The number of piperidine rings is 1. The number of rotatable bonds is 5. The molecule has 3 nitrogen and oxygen atoms in total. The van der Waals surface area contributed by atoms with Crippen LogP contribution in [0.3, 0.4) is 0 Å². The highest BCUT2D eigenvalue weighted by Gasteiger charge is 2.33. The summed E-state index contributed by atoms with van der Waals surface area (Å²) < 4.78 is 0. The molecule has 0 saturated carbocycles. The van der Waals surface area contributed by atoms with E-state index in [-0.39, 0.29) is 18.3 Å². The van der Waals surface area contributed by atoms with Crippen molar-refractivity contribution in [3.63, 3.8) is 0 Å². The van der Waals surface area contributed by atoms with Crippen molar-refractivity contribution in [3.05, 3.63) is 34.9 Å². The van der Waals surface area contributed by atoms with Crippen LogP contribution < -0.4 is 10.6 Å². The molecule has 2 heterocycles. The normalized spacial score (nSPS) is 26.3. The average Bonchev–Trinajstić information content (AvgIpc) is 2.80. The van der Waals surface area contributed by atoms with Gasteiger partial charge in [0.2, 0.25) is 5.91 Å². The molecule has 2 aliphatic heterocycles. The van der Waals surface area contributed by atoms with E-state index in [2.05, 4.69) is 10.6 Å². The van der Waals surface area contributed by atoms with E-state index in [0.29, 0.717) is 23.9 Å². The zero-order valence-corrected chi connectivity index (χ0v) is 14.8. The van der Waals surface area contributed by atoms with Crippen molar-refractivity contribution in [2.75, 3.05) is 5.75 Å². The minimum atomic E-state index is 0. The topological polar surface area (TPSA) is 41.1 Å². The van der Waals surface area contributed by atoms with Crippen LogP contribution in [0.25, 0.3) is 0 Å². The first-order valence-electron chi connectivity index (χ1n) is 7.56. The van der Waals surface area contributed by atoms with Gasteiger partial charge in [-0.15, -0.1) is 24.2 Å². The third-order valence-corrected chi connectivity index (χ3v) is 5.51. The molecule has 2 bridgehead atoms. The fourth-order valence-corrected chi connectivity index (χ4v) is 4.21. The number of halogens is 2. The molecule has 0 spiro atoms. The lowest BCUT2D eigenvalue weighted by Crippen LogP contribution is -2.48. The van der Waals surface area contributed by atoms with Crippen molar-refractivity contribution in [1.29, 1.82) is 0 Å². The highest BCUT2D eigenvalue weighted by atomic mass is 35.5. The Kier molecular flexibility index (Phi) is 6.87. The van der Waals surface area contributed by atoms with Gasteiger partial charge in [0.25, 0.3) is 0 Å². The van der Waals surface area contributed by atoms with Crippen molar-refractivity contribution in [3.8, 4) is 0 Å². The van der Waals surface area contributed by atoms with E-state index in [9.17, 15) is 4.79 Å². The highest BCUT2D eigenvalue weighted by molar-refractivity contribution is 7.99. The first-order chi connectivity index (χ1) is 10.2. The second kappa shape index (κ2) is 8.44. The fraction of sp³-hybridized carbons (Fsp3) is 0.562. The van der Waals surface area contributed by atoms with Gasteiger partial charge >= 0.3 is 0 Å². The summed E-state index contributed by atoms with van der Waals surface area (Å²) in [5.41, 5.74) is 1.21. The summed E-state index contributed by atoms with van der Waals surface area (Å²) in [6, 6.07) is 9.42. The highest BCUT2D eigenvalue weighted by Crippen LogP contribution is 2.26. The Labute approximate surface area is 147 Å². The first kappa shape index (κ1) is 17.9. The van der Waals surface area contributed by atoms with E-state index in [1.807, 2.05) is 24.3 Å². The lowest BCUT2D eigenvalue weighted by atomic mass is 10.00. The summed E-state index contributed by atoms with van der Waals surface area (Å²) in [5.74, 6) is 1.55. The van der Waals surface area contributed by atoms with Crippen molar-refractivity contribution in [2.24, 2.45) is 0 Å². The Balaban J connectivity index is 0.00000176. The second-order valence-corrected chi connectivity index (χ2v) is 7.42. The molecule has 2 saturated heterocycles. The predicted octanol–water partition coefficient (Wildman–Crippen LogP) is 3.39. The van der Waals surface area contributed by atoms with Crippen LogP contribution in [-0.4, -0.2) is 29.8 Å². The number of hydrogen-bond acceptors (Lipinski definition) is 3. The number of carbonyl (C=O) groups is 1. The molecule has 2 N–H and O–H groups in total. The largest absolute Gasteiger partial charge is 0.353 e. The van der Waals surface area contributed by atoms with E-state index < -0.39 is 0 Å².